The van der Waals surface area contributed by atoms with Gasteiger partial charge in [-0.05, 0) is 12.8 Å². The number of nitrogens with two attached hydrogens (primary N) is 2. The van der Waals surface area contributed by atoms with Crippen LogP contribution in [0.4, 0.5) is 0 Å². The van der Waals surface area contributed by atoms with E-state index in [0.717, 1.165) is 25.9 Å². The molecule has 0 aliphatic carbocycles. The summed E-state index contributed by atoms with van der Waals surface area (Å²) in [5, 5.41) is 0. The molecule has 0 aliphatic rings. The van der Waals surface area contributed by atoms with Gasteiger partial charge < -0.3 is 16.2 Å². The average Bonchev–Trinajstić information content (AvgIpc) is 2.64. The molecule has 6 nitrogen and oxygen atoms in total. The normalized spacial score (nSPS) is 12.1. The van der Waals surface area contributed by atoms with E-state index in [1.165, 1.54) is 71.1 Å². The number of rotatable bonds is 19. The Morgan fingerprint density at radius 3 is 1.75 bits per heavy atom. The van der Waals surface area contributed by atoms with Crippen molar-refractivity contribution in [3.8, 4) is 0 Å². The molecule has 0 aliphatic heterocycles. The summed E-state index contributed by atoms with van der Waals surface area (Å²) < 4.78 is 5.62. The predicted molar refractivity (Wildman–Crippen MR) is 119 cm³/mol. The number of unbranched alkanes of at least 4 members (excludes halogenated alkanes) is 10. The van der Waals surface area contributed by atoms with E-state index in [-0.39, 0.29) is 18.2 Å². The number of hydrogen-bond donors (Lipinski definition) is 2. The molecule has 0 radical (unpaired) electrons. The lowest BCUT2D eigenvalue weighted by Gasteiger charge is -2.31. The molecule has 0 spiro atoms. The van der Waals surface area contributed by atoms with E-state index in [2.05, 4.69) is 23.7 Å². The first-order chi connectivity index (χ1) is 13.5. The van der Waals surface area contributed by atoms with Crippen molar-refractivity contribution >= 4 is 11.9 Å². The van der Waals surface area contributed by atoms with Gasteiger partial charge in [0.1, 0.15) is 0 Å². The highest BCUT2D eigenvalue weighted by Crippen LogP contribution is 2.14. The van der Waals surface area contributed by atoms with Gasteiger partial charge in [-0.3, -0.25) is 14.7 Å². The Bertz CT molecular complexity index is 382. The standard InChI is InChI=1S/C22H46N4O2/c1-4-6-8-10-12-14-18-26(19-15-13-11-9-7-5-2)21(28-20(3)27)16-17-25-22(23)24/h21H,4-19H2,1-3H3,(H4,23,24,25). The van der Waals surface area contributed by atoms with E-state index in [1.807, 2.05) is 0 Å². The fourth-order valence-corrected chi connectivity index (χ4v) is 3.40. The lowest BCUT2D eigenvalue weighted by molar-refractivity contribution is -0.157. The van der Waals surface area contributed by atoms with Crippen LogP contribution in [0.3, 0.4) is 0 Å². The second-order valence-electron chi connectivity index (χ2n) is 7.73. The molecule has 4 N–H and O–H groups in total. The molecule has 0 saturated carbocycles. The number of carbonyl (C=O) groups excluding carboxylic acids is 1. The van der Waals surface area contributed by atoms with Gasteiger partial charge in [0.2, 0.25) is 0 Å². The van der Waals surface area contributed by atoms with Crippen molar-refractivity contribution in [1.82, 2.24) is 4.90 Å². The molecule has 0 saturated heterocycles. The zero-order chi connectivity index (χ0) is 21.0. The van der Waals surface area contributed by atoms with Crippen molar-refractivity contribution in [3.05, 3.63) is 0 Å². The van der Waals surface area contributed by atoms with Gasteiger partial charge in [-0.2, -0.15) is 0 Å². The third-order valence-electron chi connectivity index (χ3n) is 4.98. The van der Waals surface area contributed by atoms with Crippen molar-refractivity contribution in [2.75, 3.05) is 19.6 Å². The zero-order valence-corrected chi connectivity index (χ0v) is 18.8. The maximum absolute atomic E-state index is 11.6. The van der Waals surface area contributed by atoms with Gasteiger partial charge in [0.25, 0.3) is 0 Å². The number of ether oxygens (including phenoxy) is 1. The van der Waals surface area contributed by atoms with E-state index < -0.39 is 0 Å². The summed E-state index contributed by atoms with van der Waals surface area (Å²) in [6.45, 7) is 8.35. The van der Waals surface area contributed by atoms with E-state index in [1.54, 1.807) is 0 Å². The minimum atomic E-state index is -0.245. The Labute approximate surface area is 173 Å². The number of nitrogens with zero attached hydrogens (tertiary/aromatic N) is 2. The summed E-state index contributed by atoms with van der Waals surface area (Å²) in [6, 6.07) is 0. The van der Waals surface area contributed by atoms with E-state index in [4.69, 9.17) is 16.2 Å². The maximum Gasteiger partial charge on any atom is 0.304 e. The van der Waals surface area contributed by atoms with Crippen molar-refractivity contribution in [1.29, 1.82) is 0 Å². The van der Waals surface area contributed by atoms with Crippen LogP contribution in [-0.2, 0) is 9.53 Å². The topological polar surface area (TPSA) is 93.9 Å². The summed E-state index contributed by atoms with van der Waals surface area (Å²) in [6.07, 6.45) is 15.5. The van der Waals surface area contributed by atoms with Crippen LogP contribution in [0.2, 0.25) is 0 Å². The molecular formula is C22H46N4O2. The lowest BCUT2D eigenvalue weighted by Crippen LogP contribution is -2.40. The van der Waals surface area contributed by atoms with Crippen molar-refractivity contribution in [2.24, 2.45) is 16.5 Å². The fourth-order valence-electron chi connectivity index (χ4n) is 3.40. The van der Waals surface area contributed by atoms with Crippen LogP contribution >= 0.6 is 0 Å². The van der Waals surface area contributed by atoms with Crippen molar-refractivity contribution in [3.63, 3.8) is 0 Å². The molecule has 1 unspecified atom stereocenters. The SMILES string of the molecule is CCCCCCCCN(CCCCCCCC)C(CCN=C(N)N)OC(C)=O. The minimum Gasteiger partial charge on any atom is -0.446 e. The molecule has 1 atom stereocenters. The van der Waals surface area contributed by atoms with Crippen LogP contribution < -0.4 is 11.5 Å². The number of esters is 1. The van der Waals surface area contributed by atoms with Gasteiger partial charge >= 0.3 is 5.97 Å². The van der Waals surface area contributed by atoms with Gasteiger partial charge in [0, 0.05) is 33.0 Å². The maximum atomic E-state index is 11.6. The first kappa shape index (κ1) is 26.7. The molecule has 0 aromatic heterocycles. The van der Waals surface area contributed by atoms with Crippen molar-refractivity contribution < 1.29 is 9.53 Å². The number of carbonyl (C=O) groups is 1. The lowest BCUT2D eigenvalue weighted by atomic mass is 10.1. The Hall–Kier alpha value is -1.30. The van der Waals surface area contributed by atoms with E-state index >= 15 is 0 Å². The third kappa shape index (κ3) is 16.8. The highest BCUT2D eigenvalue weighted by Gasteiger charge is 2.20. The quantitative estimate of drug-likeness (QED) is 0.109. The molecule has 28 heavy (non-hydrogen) atoms. The van der Waals surface area contributed by atoms with Crippen LogP contribution in [0, 0.1) is 0 Å². The molecular weight excluding hydrogens is 352 g/mol. The molecule has 0 fully saturated rings. The third-order valence-corrected chi connectivity index (χ3v) is 4.98. The summed E-state index contributed by atoms with van der Waals surface area (Å²) in [5.41, 5.74) is 10.9. The Morgan fingerprint density at radius 1 is 0.857 bits per heavy atom. The van der Waals surface area contributed by atoms with Crippen molar-refractivity contribution in [2.45, 2.75) is 110 Å². The highest BCUT2D eigenvalue weighted by molar-refractivity contribution is 5.75. The molecule has 0 rings (SSSR count). The first-order valence-electron chi connectivity index (χ1n) is 11.5. The molecule has 0 heterocycles. The molecule has 0 bridgehead atoms. The van der Waals surface area contributed by atoms with Gasteiger partial charge in [-0.1, -0.05) is 78.1 Å². The van der Waals surface area contributed by atoms with E-state index in [9.17, 15) is 4.79 Å². The zero-order valence-electron chi connectivity index (χ0n) is 18.8. The van der Waals surface area contributed by atoms with Crippen LogP contribution in [0.25, 0.3) is 0 Å². The Balaban J connectivity index is 4.60. The van der Waals surface area contributed by atoms with Crippen LogP contribution in [0.5, 0.6) is 0 Å². The Kier molecular flexibility index (Phi) is 18.2. The fraction of sp³-hybridized carbons (Fsp3) is 0.909. The van der Waals surface area contributed by atoms with Crippen LogP contribution in [0.1, 0.15) is 104 Å². The van der Waals surface area contributed by atoms with Gasteiger partial charge in [-0.15, -0.1) is 0 Å². The second-order valence-corrected chi connectivity index (χ2v) is 7.73. The van der Waals surface area contributed by atoms with Gasteiger partial charge in [0.05, 0.1) is 0 Å². The van der Waals surface area contributed by atoms with E-state index in [0.29, 0.717) is 13.0 Å². The minimum absolute atomic E-state index is 0.0833. The van der Waals surface area contributed by atoms with Crippen LogP contribution in [0.15, 0.2) is 4.99 Å². The molecule has 0 aromatic rings. The first-order valence-corrected chi connectivity index (χ1v) is 11.5. The molecule has 6 heteroatoms. The van der Waals surface area contributed by atoms with Gasteiger partial charge in [-0.25, -0.2) is 0 Å². The highest BCUT2D eigenvalue weighted by atomic mass is 16.6. The summed E-state index contributed by atoms with van der Waals surface area (Å²) in [5.74, 6) is -0.162. The monoisotopic (exact) mass is 398 g/mol. The van der Waals surface area contributed by atoms with Crippen LogP contribution in [-0.4, -0.2) is 42.7 Å². The average molecular weight is 399 g/mol. The number of aliphatic imine (C=N–C) groups is 1. The van der Waals surface area contributed by atoms with Gasteiger partial charge in [0.15, 0.2) is 12.2 Å². The Morgan fingerprint density at radius 2 is 1.32 bits per heavy atom. The predicted octanol–water partition coefficient (Wildman–Crippen LogP) is 4.56. The number of guanidine groups is 1. The second kappa shape index (κ2) is 19.0. The summed E-state index contributed by atoms with van der Waals surface area (Å²) in [7, 11) is 0. The largest absolute Gasteiger partial charge is 0.446 e. The number of hydrogen-bond acceptors (Lipinski definition) is 4. The molecule has 0 aromatic carbocycles. The summed E-state index contributed by atoms with van der Waals surface area (Å²) in [4.78, 5) is 18.0. The summed E-state index contributed by atoms with van der Waals surface area (Å²) >= 11 is 0. The molecule has 166 valence electrons. The molecule has 0 amide bonds. The smallest absolute Gasteiger partial charge is 0.304 e.